The van der Waals surface area contributed by atoms with Gasteiger partial charge in [-0.3, -0.25) is 0 Å². The smallest absolute Gasteiger partial charge is 0.129 e. The lowest BCUT2D eigenvalue weighted by atomic mass is 10.1. The molecular weight excluding hydrogens is 184 g/mol. The van der Waals surface area contributed by atoms with Crippen molar-refractivity contribution in [2.24, 2.45) is 0 Å². The fourth-order valence-electron chi connectivity index (χ4n) is 1.76. The molecule has 86 valence electrons. The molecule has 2 rings (SSSR count). The van der Waals surface area contributed by atoms with Gasteiger partial charge in [0, 0.05) is 13.7 Å². The minimum absolute atomic E-state index is 0. The number of rotatable bonds is 0. The van der Waals surface area contributed by atoms with Crippen LogP contribution in [-0.2, 0) is 6.42 Å². The van der Waals surface area contributed by atoms with E-state index in [0.717, 1.165) is 18.1 Å². The molecule has 2 heteroatoms. The third-order valence-corrected chi connectivity index (χ3v) is 2.53. The van der Waals surface area contributed by atoms with Crippen LogP contribution in [0.3, 0.4) is 0 Å². The second kappa shape index (κ2) is 6.44. The number of aryl methyl sites for hydroxylation is 2. The van der Waals surface area contributed by atoms with Crippen LogP contribution in [0.1, 0.15) is 45.8 Å². The molecule has 0 saturated carbocycles. The molecule has 1 aromatic heterocycles. The Hall–Kier alpha value is -1.05. The van der Waals surface area contributed by atoms with E-state index in [0.29, 0.717) is 0 Å². The highest BCUT2D eigenvalue weighted by atomic mass is 15.0. The first-order chi connectivity index (χ1) is 7.36. The highest BCUT2D eigenvalue weighted by Crippen LogP contribution is 2.18. The molecule has 1 aliphatic rings. The molecule has 1 aromatic rings. The van der Waals surface area contributed by atoms with Gasteiger partial charge in [0.05, 0.1) is 0 Å². The SMILES string of the molecule is CC.Cc1ccc2c(n1)NCCCCC2.[HH]. The quantitative estimate of drug-likeness (QED) is 0.701. The largest absolute Gasteiger partial charge is 0.370 e. The minimum Gasteiger partial charge on any atom is -0.370 e. The summed E-state index contributed by atoms with van der Waals surface area (Å²) in [5.74, 6) is 1.11. The topological polar surface area (TPSA) is 24.9 Å². The number of nitrogens with one attached hydrogen (secondary N) is 1. The summed E-state index contributed by atoms with van der Waals surface area (Å²) in [4.78, 5) is 4.50. The Labute approximate surface area is 94.6 Å². The van der Waals surface area contributed by atoms with Crippen molar-refractivity contribution in [3.8, 4) is 0 Å². The van der Waals surface area contributed by atoms with Crippen molar-refractivity contribution in [3.63, 3.8) is 0 Å². The van der Waals surface area contributed by atoms with E-state index in [9.17, 15) is 0 Å². The second-order valence-electron chi connectivity index (χ2n) is 3.70. The van der Waals surface area contributed by atoms with Gasteiger partial charge in [-0.2, -0.15) is 0 Å². The summed E-state index contributed by atoms with van der Waals surface area (Å²) in [6.45, 7) is 7.12. The Balaban J connectivity index is 0.000000711. The standard InChI is InChI=1S/C11H16N2.C2H6.H2/c1-9-6-7-10-5-3-2-4-8-12-11(10)13-9;1-2;/h6-7H,2-5,8H2,1H3,(H,12,13);1-2H3;1H. The third kappa shape index (κ3) is 3.54. The van der Waals surface area contributed by atoms with E-state index in [1.807, 2.05) is 20.8 Å². The summed E-state index contributed by atoms with van der Waals surface area (Å²) in [6.07, 6.45) is 5.09. The van der Waals surface area contributed by atoms with Crippen LogP contribution in [0.4, 0.5) is 5.82 Å². The monoisotopic (exact) mass is 208 g/mol. The fraction of sp³-hybridized carbons (Fsp3) is 0.615. The Morgan fingerprint density at radius 2 is 2.00 bits per heavy atom. The van der Waals surface area contributed by atoms with Gasteiger partial charge >= 0.3 is 0 Å². The van der Waals surface area contributed by atoms with E-state index in [4.69, 9.17) is 0 Å². The molecule has 1 N–H and O–H groups in total. The van der Waals surface area contributed by atoms with Gasteiger partial charge in [0.15, 0.2) is 0 Å². The Kier molecular flexibility index (Phi) is 5.16. The first-order valence-corrected chi connectivity index (χ1v) is 6.07. The number of hydrogen-bond acceptors (Lipinski definition) is 2. The molecule has 0 radical (unpaired) electrons. The first kappa shape index (κ1) is 12.0. The molecular formula is C13H24N2. The van der Waals surface area contributed by atoms with Crippen LogP contribution in [0.5, 0.6) is 0 Å². The Morgan fingerprint density at radius 3 is 2.80 bits per heavy atom. The van der Waals surface area contributed by atoms with Gasteiger partial charge < -0.3 is 5.32 Å². The molecule has 0 bridgehead atoms. The molecule has 15 heavy (non-hydrogen) atoms. The summed E-state index contributed by atoms with van der Waals surface area (Å²) in [6, 6.07) is 4.30. The maximum atomic E-state index is 4.50. The van der Waals surface area contributed by atoms with E-state index in [1.165, 1.54) is 31.2 Å². The second-order valence-corrected chi connectivity index (χ2v) is 3.70. The molecule has 0 aromatic carbocycles. The average Bonchev–Trinajstić information content (AvgIpc) is 2.23. The van der Waals surface area contributed by atoms with Gasteiger partial charge in [-0.1, -0.05) is 26.3 Å². The van der Waals surface area contributed by atoms with E-state index in [1.54, 1.807) is 0 Å². The zero-order valence-electron chi connectivity index (χ0n) is 10.1. The highest BCUT2D eigenvalue weighted by Gasteiger charge is 2.06. The Bertz CT molecular complexity index is 300. The number of fused-ring (bicyclic) bond motifs is 1. The van der Waals surface area contributed by atoms with Crippen LogP contribution in [0, 0.1) is 6.92 Å². The van der Waals surface area contributed by atoms with Crippen LogP contribution in [0.15, 0.2) is 12.1 Å². The average molecular weight is 208 g/mol. The normalized spacial score (nSPS) is 14.9. The van der Waals surface area contributed by atoms with Crippen LogP contribution in [-0.4, -0.2) is 11.5 Å². The lowest BCUT2D eigenvalue weighted by Gasteiger charge is -2.14. The molecule has 0 atom stereocenters. The van der Waals surface area contributed by atoms with E-state index in [2.05, 4.69) is 22.4 Å². The number of aromatic nitrogens is 1. The summed E-state index contributed by atoms with van der Waals surface area (Å²) >= 11 is 0. The molecule has 1 aliphatic heterocycles. The Morgan fingerprint density at radius 1 is 1.20 bits per heavy atom. The van der Waals surface area contributed by atoms with Gasteiger partial charge in [0.25, 0.3) is 0 Å². The first-order valence-electron chi connectivity index (χ1n) is 6.07. The summed E-state index contributed by atoms with van der Waals surface area (Å²) in [5, 5.41) is 3.39. The zero-order valence-corrected chi connectivity index (χ0v) is 10.1. The van der Waals surface area contributed by atoms with Crippen LogP contribution in [0.2, 0.25) is 0 Å². The van der Waals surface area contributed by atoms with E-state index in [-0.39, 0.29) is 1.43 Å². The maximum Gasteiger partial charge on any atom is 0.129 e. The van der Waals surface area contributed by atoms with Crippen molar-refractivity contribution < 1.29 is 1.43 Å². The number of pyridine rings is 1. The van der Waals surface area contributed by atoms with Crippen LogP contribution >= 0.6 is 0 Å². The highest BCUT2D eigenvalue weighted by molar-refractivity contribution is 5.45. The van der Waals surface area contributed by atoms with E-state index < -0.39 is 0 Å². The lowest BCUT2D eigenvalue weighted by Crippen LogP contribution is -2.09. The van der Waals surface area contributed by atoms with Crippen molar-refractivity contribution >= 4 is 5.82 Å². The summed E-state index contributed by atoms with van der Waals surface area (Å²) in [5.41, 5.74) is 2.48. The van der Waals surface area contributed by atoms with Gasteiger partial charge in [-0.05, 0) is 37.8 Å². The molecule has 0 unspecified atom stereocenters. The zero-order chi connectivity index (χ0) is 11.1. The predicted octanol–water partition coefficient (Wildman–Crippen LogP) is 3.80. The van der Waals surface area contributed by atoms with Gasteiger partial charge in [0.2, 0.25) is 0 Å². The van der Waals surface area contributed by atoms with Crippen molar-refractivity contribution in [1.82, 2.24) is 4.98 Å². The molecule has 0 saturated heterocycles. The lowest BCUT2D eigenvalue weighted by molar-refractivity contribution is 0.682. The van der Waals surface area contributed by atoms with Crippen molar-refractivity contribution in [3.05, 3.63) is 23.4 Å². The van der Waals surface area contributed by atoms with Crippen LogP contribution in [0.25, 0.3) is 0 Å². The summed E-state index contributed by atoms with van der Waals surface area (Å²) < 4.78 is 0. The number of hydrogen-bond donors (Lipinski definition) is 1. The van der Waals surface area contributed by atoms with E-state index >= 15 is 0 Å². The van der Waals surface area contributed by atoms with Gasteiger partial charge in [0.1, 0.15) is 5.82 Å². The molecule has 0 aliphatic carbocycles. The molecule has 2 nitrogen and oxygen atoms in total. The van der Waals surface area contributed by atoms with Crippen molar-refractivity contribution in [1.29, 1.82) is 0 Å². The molecule has 0 fully saturated rings. The van der Waals surface area contributed by atoms with Crippen molar-refractivity contribution in [2.45, 2.75) is 46.5 Å². The minimum atomic E-state index is 0. The predicted molar refractivity (Wildman–Crippen MR) is 68.5 cm³/mol. The van der Waals surface area contributed by atoms with Gasteiger partial charge in [-0.15, -0.1) is 0 Å². The third-order valence-electron chi connectivity index (χ3n) is 2.53. The fourth-order valence-corrected chi connectivity index (χ4v) is 1.76. The van der Waals surface area contributed by atoms with Gasteiger partial charge in [-0.25, -0.2) is 4.98 Å². The number of anilines is 1. The molecule has 2 heterocycles. The maximum absolute atomic E-state index is 4.50. The molecule has 0 spiro atoms. The van der Waals surface area contributed by atoms with Crippen molar-refractivity contribution in [2.75, 3.05) is 11.9 Å². The van der Waals surface area contributed by atoms with Crippen LogP contribution < -0.4 is 5.32 Å². The summed E-state index contributed by atoms with van der Waals surface area (Å²) in [7, 11) is 0. The molecule has 0 amide bonds. The number of nitrogens with zero attached hydrogens (tertiary/aromatic N) is 1.